The molecule has 1 aromatic carbocycles. The van der Waals surface area contributed by atoms with E-state index in [-0.39, 0.29) is 12.6 Å². The van der Waals surface area contributed by atoms with Crippen LogP contribution < -0.4 is 0 Å². The number of hydrogen-bond acceptors (Lipinski definition) is 2. The number of urea groups is 1. The van der Waals surface area contributed by atoms with Crippen molar-refractivity contribution in [3.8, 4) is 0 Å². The van der Waals surface area contributed by atoms with Crippen molar-refractivity contribution in [3.05, 3.63) is 35.9 Å². The van der Waals surface area contributed by atoms with Crippen LogP contribution in [-0.2, 0) is 11.3 Å². The number of carbonyl (C=O) groups excluding carboxylic acids is 1. The number of carbonyl (C=O) groups is 2. The Bertz CT molecular complexity index is 475. The fourth-order valence-corrected chi connectivity index (χ4v) is 2.41. The van der Waals surface area contributed by atoms with Gasteiger partial charge in [-0.2, -0.15) is 0 Å². The lowest BCUT2D eigenvalue weighted by Gasteiger charge is -2.20. The number of carboxylic acids is 1. The van der Waals surface area contributed by atoms with E-state index in [2.05, 4.69) is 6.92 Å². The highest BCUT2D eigenvalue weighted by Crippen LogP contribution is 2.20. The molecule has 0 radical (unpaired) electrons. The highest BCUT2D eigenvalue weighted by Gasteiger charge is 2.40. The van der Waals surface area contributed by atoms with E-state index in [0.717, 1.165) is 18.4 Å². The normalized spacial score (nSPS) is 18.6. The molecular weight excluding hydrogens is 256 g/mol. The van der Waals surface area contributed by atoms with Gasteiger partial charge in [0.2, 0.25) is 0 Å². The van der Waals surface area contributed by atoms with Gasteiger partial charge in [0, 0.05) is 13.1 Å². The molecule has 1 atom stereocenters. The first-order chi connectivity index (χ1) is 9.63. The number of carboxylic acid groups (broad SMARTS) is 1. The summed E-state index contributed by atoms with van der Waals surface area (Å²) in [5.41, 5.74) is 0.949. The first-order valence-electron chi connectivity index (χ1n) is 6.95. The van der Waals surface area contributed by atoms with Crippen molar-refractivity contribution in [1.82, 2.24) is 9.80 Å². The van der Waals surface area contributed by atoms with Crippen LogP contribution in [0.1, 0.15) is 25.3 Å². The Hall–Kier alpha value is -2.04. The van der Waals surface area contributed by atoms with E-state index in [9.17, 15) is 14.7 Å². The van der Waals surface area contributed by atoms with Gasteiger partial charge in [-0.25, -0.2) is 9.59 Å². The summed E-state index contributed by atoms with van der Waals surface area (Å²) in [7, 11) is 0. The van der Waals surface area contributed by atoms with E-state index >= 15 is 0 Å². The van der Waals surface area contributed by atoms with Crippen molar-refractivity contribution < 1.29 is 14.7 Å². The van der Waals surface area contributed by atoms with Crippen molar-refractivity contribution >= 4 is 12.0 Å². The quantitative estimate of drug-likeness (QED) is 0.866. The third-order valence-corrected chi connectivity index (χ3v) is 3.55. The Morgan fingerprint density at radius 3 is 2.65 bits per heavy atom. The van der Waals surface area contributed by atoms with Crippen molar-refractivity contribution in [2.75, 3.05) is 13.1 Å². The standard InChI is InChI=1S/C15H20N2O3/c1-2-3-9-16-11-13(14(18)19)17(15(16)20)10-12-7-5-4-6-8-12/h4-8,13H,2-3,9-11H2,1H3,(H,18,19)/t13-/m0/s1. The molecule has 1 fully saturated rings. The highest BCUT2D eigenvalue weighted by molar-refractivity contribution is 5.86. The zero-order chi connectivity index (χ0) is 14.5. The fourth-order valence-electron chi connectivity index (χ4n) is 2.41. The third kappa shape index (κ3) is 3.10. The van der Waals surface area contributed by atoms with Gasteiger partial charge in [-0.3, -0.25) is 0 Å². The minimum Gasteiger partial charge on any atom is -0.480 e. The summed E-state index contributed by atoms with van der Waals surface area (Å²) in [4.78, 5) is 26.8. The van der Waals surface area contributed by atoms with Gasteiger partial charge in [-0.15, -0.1) is 0 Å². The molecular formula is C15H20N2O3. The van der Waals surface area contributed by atoms with Crippen molar-refractivity contribution in [2.45, 2.75) is 32.4 Å². The number of nitrogens with zero attached hydrogens (tertiary/aromatic N) is 2. The van der Waals surface area contributed by atoms with Gasteiger partial charge in [-0.1, -0.05) is 43.7 Å². The average Bonchev–Trinajstić information content (AvgIpc) is 2.75. The lowest BCUT2D eigenvalue weighted by molar-refractivity contribution is -0.141. The van der Waals surface area contributed by atoms with Crippen molar-refractivity contribution in [1.29, 1.82) is 0 Å². The molecule has 5 nitrogen and oxygen atoms in total. The van der Waals surface area contributed by atoms with E-state index in [1.54, 1.807) is 4.90 Å². The average molecular weight is 276 g/mol. The molecule has 2 rings (SSSR count). The topological polar surface area (TPSA) is 60.9 Å². The Labute approximate surface area is 118 Å². The summed E-state index contributed by atoms with van der Waals surface area (Å²) in [5.74, 6) is -0.937. The molecule has 1 heterocycles. The molecule has 0 spiro atoms. The van der Waals surface area contributed by atoms with Crippen LogP contribution in [0.4, 0.5) is 4.79 Å². The lowest BCUT2D eigenvalue weighted by Crippen LogP contribution is -2.39. The van der Waals surface area contributed by atoms with Crippen LogP contribution >= 0.6 is 0 Å². The molecule has 1 saturated heterocycles. The smallest absolute Gasteiger partial charge is 0.328 e. The molecule has 20 heavy (non-hydrogen) atoms. The zero-order valence-electron chi connectivity index (χ0n) is 11.7. The van der Waals surface area contributed by atoms with Crippen molar-refractivity contribution in [2.24, 2.45) is 0 Å². The summed E-state index contributed by atoms with van der Waals surface area (Å²) in [6.07, 6.45) is 1.89. The minimum absolute atomic E-state index is 0.172. The number of amides is 2. The summed E-state index contributed by atoms with van der Waals surface area (Å²) in [5, 5.41) is 9.30. The first-order valence-corrected chi connectivity index (χ1v) is 6.95. The third-order valence-electron chi connectivity index (χ3n) is 3.55. The molecule has 0 saturated carbocycles. The Kier molecular flexibility index (Phi) is 4.61. The second-order valence-corrected chi connectivity index (χ2v) is 5.05. The maximum Gasteiger partial charge on any atom is 0.328 e. The van der Waals surface area contributed by atoms with Crippen LogP contribution in [0.2, 0.25) is 0 Å². The molecule has 1 aromatic rings. The highest BCUT2D eigenvalue weighted by atomic mass is 16.4. The Balaban J connectivity index is 2.11. The Morgan fingerprint density at radius 2 is 2.05 bits per heavy atom. The Morgan fingerprint density at radius 1 is 1.35 bits per heavy atom. The van der Waals surface area contributed by atoms with Gasteiger partial charge in [-0.05, 0) is 12.0 Å². The minimum atomic E-state index is -0.937. The fraction of sp³-hybridized carbons (Fsp3) is 0.467. The van der Waals surface area contributed by atoms with Crippen molar-refractivity contribution in [3.63, 3.8) is 0 Å². The van der Waals surface area contributed by atoms with Gasteiger partial charge in [0.1, 0.15) is 6.04 Å². The molecule has 0 bridgehead atoms. The zero-order valence-corrected chi connectivity index (χ0v) is 11.7. The van der Waals surface area contributed by atoms with Gasteiger partial charge in [0.15, 0.2) is 0 Å². The molecule has 1 N–H and O–H groups in total. The summed E-state index contributed by atoms with van der Waals surface area (Å²) >= 11 is 0. The number of rotatable bonds is 6. The number of unbranched alkanes of at least 4 members (excludes halogenated alkanes) is 1. The predicted octanol–water partition coefficient (Wildman–Crippen LogP) is 2.18. The van der Waals surface area contributed by atoms with Crippen LogP contribution in [0.5, 0.6) is 0 Å². The molecule has 0 unspecified atom stereocenters. The predicted molar refractivity (Wildman–Crippen MR) is 75.3 cm³/mol. The van der Waals surface area contributed by atoms with E-state index in [1.165, 1.54) is 4.90 Å². The number of hydrogen-bond donors (Lipinski definition) is 1. The van der Waals surface area contributed by atoms with Crippen LogP contribution in [0, 0.1) is 0 Å². The SMILES string of the molecule is CCCCN1C[C@@H](C(=O)O)N(Cc2ccccc2)C1=O. The van der Waals surface area contributed by atoms with Gasteiger partial charge < -0.3 is 14.9 Å². The summed E-state index contributed by atoms with van der Waals surface area (Å²) in [6.45, 7) is 3.31. The van der Waals surface area contributed by atoms with Crippen LogP contribution in [0.3, 0.4) is 0 Å². The lowest BCUT2D eigenvalue weighted by atomic mass is 10.2. The molecule has 1 aliphatic heterocycles. The molecule has 0 aromatic heterocycles. The number of aliphatic carboxylic acids is 1. The number of benzene rings is 1. The molecule has 2 amide bonds. The van der Waals surface area contributed by atoms with Gasteiger partial charge in [0.05, 0.1) is 6.54 Å². The molecule has 1 aliphatic rings. The van der Waals surface area contributed by atoms with Gasteiger partial charge in [0.25, 0.3) is 0 Å². The van der Waals surface area contributed by atoms with Crippen LogP contribution in [-0.4, -0.2) is 46.0 Å². The second kappa shape index (κ2) is 6.41. The molecule has 108 valence electrons. The maximum atomic E-state index is 12.3. The largest absolute Gasteiger partial charge is 0.480 e. The monoisotopic (exact) mass is 276 g/mol. The molecule has 0 aliphatic carbocycles. The molecule has 5 heteroatoms. The summed E-state index contributed by atoms with van der Waals surface area (Å²) < 4.78 is 0. The van der Waals surface area contributed by atoms with E-state index in [4.69, 9.17) is 0 Å². The van der Waals surface area contributed by atoms with E-state index in [1.807, 2.05) is 30.3 Å². The first kappa shape index (κ1) is 14.4. The van der Waals surface area contributed by atoms with E-state index in [0.29, 0.717) is 13.1 Å². The second-order valence-electron chi connectivity index (χ2n) is 5.05. The maximum absolute atomic E-state index is 12.3. The van der Waals surface area contributed by atoms with E-state index < -0.39 is 12.0 Å². The van der Waals surface area contributed by atoms with Gasteiger partial charge >= 0.3 is 12.0 Å². The van der Waals surface area contributed by atoms with Crippen LogP contribution in [0.25, 0.3) is 0 Å². The van der Waals surface area contributed by atoms with Crippen LogP contribution in [0.15, 0.2) is 30.3 Å². The summed E-state index contributed by atoms with van der Waals surface area (Å²) in [6, 6.07) is 8.56.